The molecule has 0 bridgehead atoms. The molecule has 3 aromatic rings. The second kappa shape index (κ2) is 13.6. The molecule has 2 heterocycles. The van der Waals surface area contributed by atoms with Crippen molar-refractivity contribution in [2.24, 2.45) is 0 Å². The van der Waals surface area contributed by atoms with Gasteiger partial charge in [-0.1, -0.05) is 36.5 Å². The van der Waals surface area contributed by atoms with Gasteiger partial charge in [0.05, 0.1) is 44.7 Å². The first-order valence-electron chi connectivity index (χ1n) is 14.6. The Morgan fingerprint density at radius 3 is 2.43 bits per heavy atom. The molecule has 0 aliphatic carbocycles. The van der Waals surface area contributed by atoms with Crippen LogP contribution in [0.1, 0.15) is 63.6 Å². The van der Waals surface area contributed by atoms with Crippen molar-refractivity contribution in [2.45, 2.75) is 88.7 Å². The van der Waals surface area contributed by atoms with Crippen LogP contribution in [-0.4, -0.2) is 54.0 Å². The summed E-state index contributed by atoms with van der Waals surface area (Å²) < 4.78 is 75.2. The molecule has 252 valence electrons. The monoisotopic (exact) mass is 706 g/mol. The molecule has 1 unspecified atom stereocenters. The summed E-state index contributed by atoms with van der Waals surface area (Å²) in [5.41, 5.74) is -4.96. The number of nitrogens with one attached hydrogen (secondary N) is 3. The largest absolute Gasteiger partial charge is 0.444 e. The van der Waals surface area contributed by atoms with Gasteiger partial charge in [-0.25, -0.2) is 18.0 Å². The van der Waals surface area contributed by atoms with Crippen LogP contribution in [0.4, 0.5) is 18.0 Å². The van der Waals surface area contributed by atoms with Crippen molar-refractivity contribution in [3.05, 3.63) is 71.8 Å². The maximum atomic E-state index is 14.6. The summed E-state index contributed by atoms with van der Waals surface area (Å²) in [4.78, 5) is 41.8. The van der Waals surface area contributed by atoms with Gasteiger partial charge in [0.25, 0.3) is 5.56 Å². The summed E-state index contributed by atoms with van der Waals surface area (Å²) in [5.74, 6) is -0.280. The summed E-state index contributed by atoms with van der Waals surface area (Å²) in [7, 11) is -3.81. The van der Waals surface area contributed by atoms with Gasteiger partial charge >= 0.3 is 18.0 Å². The Balaban J connectivity index is 1.86. The number of hydrogen-bond acceptors (Lipinski definition) is 7. The van der Waals surface area contributed by atoms with Gasteiger partial charge in [-0.3, -0.25) is 9.36 Å². The van der Waals surface area contributed by atoms with Crippen LogP contribution in [-0.2, 0) is 33.7 Å². The number of aromatic nitrogens is 2. The molecule has 3 N–H and O–H groups in total. The second-order valence-corrected chi connectivity index (χ2v) is 15.2. The van der Waals surface area contributed by atoms with Crippen molar-refractivity contribution >= 4 is 50.0 Å². The van der Waals surface area contributed by atoms with Crippen molar-refractivity contribution in [1.82, 2.24) is 20.2 Å². The molecule has 4 rings (SSSR count). The van der Waals surface area contributed by atoms with E-state index in [0.717, 1.165) is 12.8 Å². The third-order valence-electron chi connectivity index (χ3n) is 7.65. The van der Waals surface area contributed by atoms with Gasteiger partial charge in [0.15, 0.2) is 9.84 Å². The van der Waals surface area contributed by atoms with Gasteiger partial charge < -0.3 is 20.4 Å². The molecular weight excluding hydrogens is 672 g/mol. The van der Waals surface area contributed by atoms with E-state index in [9.17, 15) is 36.0 Å². The number of carbonyl (C=O) groups excluding carboxylic acids is 1. The lowest BCUT2D eigenvalue weighted by atomic mass is 9.90. The van der Waals surface area contributed by atoms with Crippen molar-refractivity contribution in [3.8, 4) is 0 Å². The minimum absolute atomic E-state index is 0.0103. The van der Waals surface area contributed by atoms with Crippen LogP contribution in [0.3, 0.4) is 0 Å². The number of benzene rings is 2. The van der Waals surface area contributed by atoms with E-state index in [0.29, 0.717) is 23.6 Å². The molecule has 1 fully saturated rings. The maximum absolute atomic E-state index is 14.6. The summed E-state index contributed by atoms with van der Waals surface area (Å²) in [5, 5.41) is 5.01. The molecule has 1 aliphatic heterocycles. The number of piperidine rings is 1. The fourth-order valence-corrected chi connectivity index (χ4v) is 7.12. The number of amides is 1. The number of fused-ring (bicyclic) bond motifs is 1. The van der Waals surface area contributed by atoms with Crippen LogP contribution >= 0.6 is 23.2 Å². The number of carbonyl (C=O) groups is 1. The molecule has 1 saturated heterocycles. The third-order valence-corrected chi connectivity index (χ3v) is 10.1. The van der Waals surface area contributed by atoms with E-state index in [4.69, 9.17) is 27.9 Å². The second-order valence-electron chi connectivity index (χ2n) is 12.1. The molecule has 0 saturated carbocycles. The Bertz CT molecular complexity index is 1860. The van der Waals surface area contributed by atoms with Crippen LogP contribution in [0.5, 0.6) is 0 Å². The summed E-state index contributed by atoms with van der Waals surface area (Å²) in [6.07, 6.45) is -4.00. The minimum Gasteiger partial charge on any atom is -0.444 e. The van der Waals surface area contributed by atoms with E-state index >= 15 is 0 Å². The first-order chi connectivity index (χ1) is 21.3. The smallest absolute Gasteiger partial charge is 0.416 e. The number of nitrogens with zero attached hydrogens (tertiary/aromatic N) is 1. The highest BCUT2D eigenvalue weighted by Crippen LogP contribution is 2.39. The van der Waals surface area contributed by atoms with Gasteiger partial charge in [0.1, 0.15) is 5.60 Å². The first kappa shape index (κ1) is 35.8. The number of aromatic amines is 1. The van der Waals surface area contributed by atoms with Crippen molar-refractivity contribution in [3.63, 3.8) is 0 Å². The van der Waals surface area contributed by atoms with E-state index < -0.39 is 85.5 Å². The quantitative estimate of drug-likeness (QED) is 0.284. The fraction of sp³-hybridized carbons (Fsp3) is 0.500. The Morgan fingerprint density at radius 1 is 1.15 bits per heavy atom. The lowest BCUT2D eigenvalue weighted by Crippen LogP contribution is -2.53. The van der Waals surface area contributed by atoms with E-state index in [1.807, 2.05) is 0 Å². The number of rotatable bonds is 8. The van der Waals surface area contributed by atoms with Crippen molar-refractivity contribution in [1.29, 1.82) is 0 Å². The normalized spacial score (nSPS) is 16.8. The predicted molar refractivity (Wildman–Crippen MR) is 170 cm³/mol. The Kier molecular flexibility index (Phi) is 10.6. The summed E-state index contributed by atoms with van der Waals surface area (Å²) >= 11 is 12.7. The molecule has 46 heavy (non-hydrogen) atoms. The number of sulfone groups is 1. The SMILES string of the molecule is CCS(=O)(=O)c1ccc(Cl)cc1Cn1c(=O)[nH]c2c(Cl)c(C[C@@H](NC(=O)OC(C)(C)C)C3CCCCN3)c(C(F)(F)F)cc2c1=O. The first-order valence-corrected chi connectivity index (χ1v) is 17.0. The van der Waals surface area contributed by atoms with E-state index in [-0.39, 0.29) is 26.8 Å². The zero-order chi connectivity index (χ0) is 34.2. The van der Waals surface area contributed by atoms with Gasteiger partial charge in [0.2, 0.25) is 0 Å². The van der Waals surface area contributed by atoms with Crippen molar-refractivity contribution in [2.75, 3.05) is 12.3 Å². The van der Waals surface area contributed by atoms with Crippen LogP contribution < -0.4 is 21.9 Å². The molecular formula is C30H35Cl2F3N4O6S. The number of hydrogen-bond donors (Lipinski definition) is 3. The van der Waals surface area contributed by atoms with Crippen LogP contribution in [0.15, 0.2) is 38.8 Å². The highest BCUT2D eigenvalue weighted by molar-refractivity contribution is 7.91. The number of ether oxygens (including phenoxy) is 1. The Labute approximate surface area is 273 Å². The molecule has 2 atom stereocenters. The highest BCUT2D eigenvalue weighted by atomic mass is 35.5. The maximum Gasteiger partial charge on any atom is 0.416 e. The van der Waals surface area contributed by atoms with Gasteiger partial charge in [-0.15, -0.1) is 0 Å². The summed E-state index contributed by atoms with van der Waals surface area (Å²) in [6.45, 7) is 6.38. The molecule has 1 amide bonds. The third kappa shape index (κ3) is 8.07. The Hall–Kier alpha value is -3.07. The number of halogens is 5. The van der Waals surface area contributed by atoms with Crippen LogP contribution in [0, 0.1) is 0 Å². The Morgan fingerprint density at radius 2 is 1.85 bits per heavy atom. The van der Waals surface area contributed by atoms with Crippen LogP contribution in [0.25, 0.3) is 10.9 Å². The number of alkyl halides is 3. The van der Waals surface area contributed by atoms with Gasteiger partial charge in [-0.05, 0) is 82.0 Å². The van der Waals surface area contributed by atoms with Gasteiger partial charge in [0, 0.05) is 11.1 Å². The minimum atomic E-state index is -4.98. The fourth-order valence-electron chi connectivity index (χ4n) is 5.49. The zero-order valence-corrected chi connectivity index (χ0v) is 27.9. The van der Waals surface area contributed by atoms with E-state index in [1.165, 1.54) is 25.1 Å². The predicted octanol–water partition coefficient (Wildman–Crippen LogP) is 5.44. The molecule has 1 aliphatic rings. The topological polar surface area (TPSA) is 139 Å². The molecule has 2 aromatic carbocycles. The zero-order valence-electron chi connectivity index (χ0n) is 25.6. The lowest BCUT2D eigenvalue weighted by Gasteiger charge is -2.33. The molecule has 1 aromatic heterocycles. The summed E-state index contributed by atoms with van der Waals surface area (Å²) in [6, 6.07) is 3.17. The molecule has 0 radical (unpaired) electrons. The number of alkyl carbamates (subject to hydrolysis) is 1. The average Bonchev–Trinajstić information content (AvgIpc) is 2.95. The van der Waals surface area contributed by atoms with E-state index in [2.05, 4.69) is 15.6 Å². The molecule has 0 spiro atoms. The van der Waals surface area contributed by atoms with Crippen LogP contribution in [0.2, 0.25) is 10.0 Å². The lowest BCUT2D eigenvalue weighted by molar-refractivity contribution is -0.138. The average molecular weight is 708 g/mol. The van der Waals surface area contributed by atoms with Gasteiger partial charge in [-0.2, -0.15) is 13.2 Å². The number of H-pyrrole nitrogens is 1. The standard InChI is InChI=1S/C30H35Cl2F3N4O6S/c1-5-46(43,44)23-10-9-17(31)12-16(23)15-39-26(40)19-13-20(30(33,34)35)18(24(32)25(19)38-27(39)41)14-22(21-8-6-7-11-36-21)37-28(42)45-29(2,3)4/h9-10,12-13,21-22,36H,5-8,11,14-15H2,1-4H3,(H,37,42)(H,38,41)/t21?,22-/m1/s1. The van der Waals surface area contributed by atoms with Crippen molar-refractivity contribution < 1.29 is 31.1 Å². The highest BCUT2D eigenvalue weighted by Gasteiger charge is 2.38. The molecule has 10 nitrogen and oxygen atoms in total. The molecule has 16 heteroatoms. The van der Waals surface area contributed by atoms with E-state index in [1.54, 1.807) is 20.8 Å².